The predicted molar refractivity (Wildman–Crippen MR) is 99.5 cm³/mol. The van der Waals surface area contributed by atoms with Crippen molar-refractivity contribution in [2.45, 2.75) is 110 Å². The van der Waals surface area contributed by atoms with E-state index in [0.29, 0.717) is 12.8 Å². The molecule has 0 saturated heterocycles. The van der Waals surface area contributed by atoms with E-state index in [1.54, 1.807) is 0 Å². The first-order chi connectivity index (χ1) is 11.9. The minimum absolute atomic E-state index is 0.186. The smallest absolute Gasteiger partial charge is 0.316 e. The Labute approximate surface area is 152 Å². The summed E-state index contributed by atoms with van der Waals surface area (Å²) in [4.78, 5) is 23.5. The summed E-state index contributed by atoms with van der Waals surface area (Å²) in [7, 11) is 0. The molecule has 148 valence electrons. The van der Waals surface area contributed by atoms with Gasteiger partial charge in [0.05, 0.1) is 12.2 Å². The predicted octanol–water partition coefficient (Wildman–Crippen LogP) is 4.09. The summed E-state index contributed by atoms with van der Waals surface area (Å²) in [5, 5.41) is 29.3. The van der Waals surface area contributed by atoms with Gasteiger partial charge < -0.3 is 15.3 Å². The molecule has 0 aliphatic rings. The van der Waals surface area contributed by atoms with E-state index in [0.717, 1.165) is 44.9 Å². The maximum absolute atomic E-state index is 12.2. The molecule has 0 heterocycles. The summed E-state index contributed by atoms with van der Waals surface area (Å²) in [5.74, 6) is -3.27. The number of aliphatic hydroxyl groups is 2. The summed E-state index contributed by atoms with van der Waals surface area (Å²) in [6, 6.07) is 0. The molecule has 0 saturated carbocycles. The molecule has 25 heavy (non-hydrogen) atoms. The van der Waals surface area contributed by atoms with Crippen LogP contribution in [0.3, 0.4) is 0 Å². The molecule has 3 N–H and O–H groups in total. The molecule has 0 fully saturated rings. The highest BCUT2D eigenvalue weighted by atomic mass is 16.4. The molecular formula is C20H38O5. The third kappa shape index (κ3) is 12.1. The molecule has 5 heteroatoms. The first kappa shape index (κ1) is 24.1. The van der Waals surface area contributed by atoms with Gasteiger partial charge in [-0.2, -0.15) is 0 Å². The normalized spacial score (nSPS) is 14.9. The van der Waals surface area contributed by atoms with Gasteiger partial charge in [-0.1, -0.05) is 78.1 Å². The van der Waals surface area contributed by atoms with E-state index in [9.17, 15) is 24.9 Å². The summed E-state index contributed by atoms with van der Waals surface area (Å²) < 4.78 is 0. The van der Waals surface area contributed by atoms with Crippen LogP contribution < -0.4 is 0 Å². The average Bonchev–Trinajstić information content (AvgIpc) is 2.54. The molecule has 3 atom stereocenters. The van der Waals surface area contributed by atoms with Crippen LogP contribution in [0, 0.1) is 5.92 Å². The van der Waals surface area contributed by atoms with Gasteiger partial charge in [0.25, 0.3) is 0 Å². The number of carbonyl (C=O) groups is 2. The van der Waals surface area contributed by atoms with E-state index in [2.05, 4.69) is 13.8 Å². The number of carbonyl (C=O) groups excluding carboxylic acids is 1. The molecule has 0 aromatic heterocycles. The van der Waals surface area contributed by atoms with Gasteiger partial charge in [0.2, 0.25) is 0 Å². The van der Waals surface area contributed by atoms with Crippen molar-refractivity contribution < 1.29 is 24.9 Å². The highest BCUT2D eigenvalue weighted by Gasteiger charge is 2.33. The van der Waals surface area contributed by atoms with Crippen LogP contribution in [0.1, 0.15) is 97.3 Å². The van der Waals surface area contributed by atoms with Crippen LogP contribution in [0.25, 0.3) is 0 Å². The Morgan fingerprint density at radius 2 is 1.24 bits per heavy atom. The molecular weight excluding hydrogens is 320 g/mol. The SMILES string of the molecule is CCCCCCCCCC(O)C(C(=O)O)C(=O)CC(O)CCCCC. The van der Waals surface area contributed by atoms with Crippen molar-refractivity contribution in [1.82, 2.24) is 0 Å². The minimum Gasteiger partial charge on any atom is -0.481 e. The van der Waals surface area contributed by atoms with E-state index in [1.807, 2.05) is 0 Å². The quantitative estimate of drug-likeness (QED) is 0.269. The van der Waals surface area contributed by atoms with Gasteiger partial charge in [-0.15, -0.1) is 0 Å². The van der Waals surface area contributed by atoms with Crippen LogP contribution in [0.2, 0.25) is 0 Å². The van der Waals surface area contributed by atoms with Gasteiger partial charge in [-0.05, 0) is 12.8 Å². The third-order valence-corrected chi connectivity index (χ3v) is 4.68. The molecule has 0 aliphatic carbocycles. The maximum Gasteiger partial charge on any atom is 0.316 e. The van der Waals surface area contributed by atoms with Crippen molar-refractivity contribution in [3.8, 4) is 0 Å². The Hall–Kier alpha value is -0.940. The Kier molecular flexibility index (Phi) is 14.7. The van der Waals surface area contributed by atoms with Gasteiger partial charge in [0.15, 0.2) is 5.78 Å². The fourth-order valence-electron chi connectivity index (χ4n) is 3.09. The number of hydrogen-bond donors (Lipinski definition) is 3. The number of carboxylic acid groups (broad SMARTS) is 1. The van der Waals surface area contributed by atoms with Crippen molar-refractivity contribution >= 4 is 11.8 Å². The molecule has 0 bridgehead atoms. The highest BCUT2D eigenvalue weighted by Crippen LogP contribution is 2.18. The van der Waals surface area contributed by atoms with E-state index in [-0.39, 0.29) is 6.42 Å². The summed E-state index contributed by atoms with van der Waals surface area (Å²) >= 11 is 0. The topological polar surface area (TPSA) is 94.8 Å². The lowest BCUT2D eigenvalue weighted by molar-refractivity contribution is -0.151. The van der Waals surface area contributed by atoms with Gasteiger partial charge in [0.1, 0.15) is 5.92 Å². The van der Waals surface area contributed by atoms with E-state index < -0.39 is 29.9 Å². The molecule has 0 aromatic carbocycles. The number of hydrogen-bond acceptors (Lipinski definition) is 4. The van der Waals surface area contributed by atoms with Crippen LogP contribution in [0.4, 0.5) is 0 Å². The Balaban J connectivity index is 4.19. The third-order valence-electron chi connectivity index (χ3n) is 4.68. The van der Waals surface area contributed by atoms with Crippen molar-refractivity contribution in [3.63, 3.8) is 0 Å². The molecule has 0 aliphatic heterocycles. The van der Waals surface area contributed by atoms with Gasteiger partial charge in [0, 0.05) is 6.42 Å². The Bertz CT molecular complexity index is 356. The Morgan fingerprint density at radius 3 is 1.80 bits per heavy atom. The number of unbranched alkanes of at least 4 members (excludes halogenated alkanes) is 8. The molecule has 0 rings (SSSR count). The lowest BCUT2D eigenvalue weighted by Gasteiger charge is -2.19. The van der Waals surface area contributed by atoms with Crippen LogP contribution in [-0.2, 0) is 9.59 Å². The monoisotopic (exact) mass is 358 g/mol. The van der Waals surface area contributed by atoms with E-state index in [4.69, 9.17) is 0 Å². The second kappa shape index (κ2) is 15.3. The number of aliphatic hydroxyl groups excluding tert-OH is 2. The zero-order valence-electron chi connectivity index (χ0n) is 16.1. The maximum atomic E-state index is 12.2. The van der Waals surface area contributed by atoms with Crippen molar-refractivity contribution in [2.24, 2.45) is 5.92 Å². The number of rotatable bonds is 17. The number of carboxylic acids is 1. The summed E-state index contributed by atoms with van der Waals surface area (Å²) in [5.41, 5.74) is 0. The lowest BCUT2D eigenvalue weighted by Crippen LogP contribution is -2.36. The molecule has 5 nitrogen and oxygen atoms in total. The first-order valence-electron chi connectivity index (χ1n) is 10.1. The molecule has 0 amide bonds. The fraction of sp³-hybridized carbons (Fsp3) is 0.900. The fourth-order valence-corrected chi connectivity index (χ4v) is 3.09. The van der Waals surface area contributed by atoms with Crippen molar-refractivity contribution in [3.05, 3.63) is 0 Å². The van der Waals surface area contributed by atoms with E-state index in [1.165, 1.54) is 19.3 Å². The molecule has 0 radical (unpaired) electrons. The zero-order chi connectivity index (χ0) is 19.1. The number of ketones is 1. The molecule has 0 aromatic rings. The average molecular weight is 359 g/mol. The summed E-state index contributed by atoms with van der Waals surface area (Å²) in [6.07, 6.45) is 9.04. The highest BCUT2D eigenvalue weighted by molar-refractivity contribution is 5.99. The lowest BCUT2D eigenvalue weighted by atomic mass is 9.89. The van der Waals surface area contributed by atoms with Gasteiger partial charge in [-0.25, -0.2) is 0 Å². The number of aliphatic carboxylic acids is 1. The zero-order valence-corrected chi connectivity index (χ0v) is 16.1. The van der Waals surface area contributed by atoms with Crippen LogP contribution in [0.5, 0.6) is 0 Å². The Morgan fingerprint density at radius 1 is 0.760 bits per heavy atom. The molecule has 3 unspecified atom stereocenters. The van der Waals surface area contributed by atoms with Crippen LogP contribution >= 0.6 is 0 Å². The number of Topliss-reactive ketones (excluding diaryl/α,β-unsaturated/α-hetero) is 1. The minimum atomic E-state index is -1.42. The first-order valence-corrected chi connectivity index (χ1v) is 10.1. The van der Waals surface area contributed by atoms with E-state index >= 15 is 0 Å². The van der Waals surface area contributed by atoms with Crippen LogP contribution in [-0.4, -0.2) is 39.3 Å². The van der Waals surface area contributed by atoms with Crippen LogP contribution in [0.15, 0.2) is 0 Å². The van der Waals surface area contributed by atoms with Crippen molar-refractivity contribution in [1.29, 1.82) is 0 Å². The summed E-state index contributed by atoms with van der Waals surface area (Å²) in [6.45, 7) is 4.22. The standard InChI is InChI=1S/C20H38O5/c1-3-5-7-8-9-10-12-14-17(22)19(20(24)25)18(23)15-16(21)13-11-6-4-2/h16-17,19,21-22H,3-15H2,1-2H3,(H,24,25). The van der Waals surface area contributed by atoms with Crippen molar-refractivity contribution in [2.75, 3.05) is 0 Å². The van der Waals surface area contributed by atoms with Gasteiger partial charge >= 0.3 is 5.97 Å². The second-order valence-corrected chi connectivity index (χ2v) is 7.11. The van der Waals surface area contributed by atoms with Gasteiger partial charge in [-0.3, -0.25) is 9.59 Å². The molecule has 0 spiro atoms. The second-order valence-electron chi connectivity index (χ2n) is 7.11. The largest absolute Gasteiger partial charge is 0.481 e.